The zero-order chi connectivity index (χ0) is 16.4. The molecule has 1 N–H and O–H groups in total. The van der Waals surface area contributed by atoms with Gasteiger partial charge in [0.25, 0.3) is 5.91 Å². The van der Waals surface area contributed by atoms with E-state index in [4.69, 9.17) is 23.2 Å². The quantitative estimate of drug-likeness (QED) is 0.922. The number of fused-ring (bicyclic) bond motifs is 1. The Morgan fingerprint density at radius 1 is 1.35 bits per heavy atom. The molecule has 3 rings (SSSR count). The van der Waals surface area contributed by atoms with Crippen LogP contribution in [0, 0.1) is 11.3 Å². The highest BCUT2D eigenvalue weighted by atomic mass is 35.5. The number of hydrogen-bond donors (Lipinski definition) is 1. The van der Waals surface area contributed by atoms with Gasteiger partial charge in [0.05, 0.1) is 33.6 Å². The van der Waals surface area contributed by atoms with Crippen LogP contribution in [-0.2, 0) is 13.0 Å². The molecule has 118 valence electrons. The van der Waals surface area contributed by atoms with E-state index in [1.807, 2.05) is 4.68 Å². The van der Waals surface area contributed by atoms with E-state index in [0.717, 1.165) is 31.5 Å². The largest absolute Gasteiger partial charge is 0.332 e. The second-order valence-electron chi connectivity index (χ2n) is 5.39. The molecule has 1 aliphatic rings. The Labute approximate surface area is 143 Å². The van der Waals surface area contributed by atoms with E-state index in [0.29, 0.717) is 21.2 Å². The van der Waals surface area contributed by atoms with Gasteiger partial charge in [-0.05, 0) is 37.0 Å². The number of rotatable bonds is 3. The normalized spacial score (nSPS) is 14.7. The second kappa shape index (κ2) is 6.61. The van der Waals surface area contributed by atoms with Gasteiger partial charge < -0.3 is 5.32 Å². The lowest BCUT2D eigenvalue weighted by molar-refractivity contribution is 0.0943. The second-order valence-corrected chi connectivity index (χ2v) is 6.21. The number of aryl methyl sites for hydroxylation is 1. The van der Waals surface area contributed by atoms with Crippen molar-refractivity contribution < 1.29 is 4.79 Å². The third-order valence-electron chi connectivity index (χ3n) is 3.91. The van der Waals surface area contributed by atoms with Crippen LogP contribution in [0.4, 0.5) is 0 Å². The Balaban J connectivity index is 1.82. The number of aromatic nitrogens is 2. The van der Waals surface area contributed by atoms with Crippen molar-refractivity contribution in [1.82, 2.24) is 15.1 Å². The van der Waals surface area contributed by atoms with Crippen LogP contribution in [0.15, 0.2) is 24.4 Å². The van der Waals surface area contributed by atoms with E-state index in [1.54, 1.807) is 24.4 Å². The van der Waals surface area contributed by atoms with Crippen LogP contribution in [0.2, 0.25) is 10.0 Å². The molecule has 1 aromatic carbocycles. The lowest BCUT2D eigenvalue weighted by Gasteiger charge is -2.16. The number of nitrogens with one attached hydrogen (secondary N) is 1. The van der Waals surface area contributed by atoms with Crippen molar-refractivity contribution >= 4 is 29.1 Å². The molecule has 0 bridgehead atoms. The number of nitrogens with zero attached hydrogens (tertiary/aromatic N) is 3. The van der Waals surface area contributed by atoms with Crippen molar-refractivity contribution in [2.45, 2.75) is 31.8 Å². The molecule has 7 heteroatoms. The molecule has 0 spiro atoms. The molecule has 0 radical (unpaired) electrons. The fraction of sp³-hybridized carbons (Fsp3) is 0.312. The lowest BCUT2D eigenvalue weighted by Crippen LogP contribution is -2.28. The van der Waals surface area contributed by atoms with E-state index in [-0.39, 0.29) is 5.91 Å². The van der Waals surface area contributed by atoms with Crippen LogP contribution in [0.5, 0.6) is 0 Å². The first-order chi connectivity index (χ1) is 11.1. The number of amides is 1. The number of halogens is 2. The van der Waals surface area contributed by atoms with E-state index in [2.05, 4.69) is 16.5 Å². The van der Waals surface area contributed by atoms with Crippen molar-refractivity contribution in [2.24, 2.45) is 0 Å². The summed E-state index contributed by atoms with van der Waals surface area (Å²) in [6.07, 6.45) is 4.51. The molecule has 1 aromatic heterocycles. The zero-order valence-corrected chi connectivity index (χ0v) is 13.7. The van der Waals surface area contributed by atoms with E-state index in [1.165, 1.54) is 0 Å². The third-order valence-corrected chi connectivity index (χ3v) is 4.65. The van der Waals surface area contributed by atoms with Crippen molar-refractivity contribution in [3.8, 4) is 6.07 Å². The topological polar surface area (TPSA) is 70.7 Å². The molecule has 5 nitrogen and oxygen atoms in total. The molecule has 0 fully saturated rings. The minimum Gasteiger partial charge on any atom is -0.332 e. The van der Waals surface area contributed by atoms with Gasteiger partial charge in [-0.3, -0.25) is 9.48 Å². The molecule has 1 unspecified atom stereocenters. The molecule has 1 atom stereocenters. The molecule has 2 heterocycles. The first kappa shape index (κ1) is 15.9. The maximum atomic E-state index is 12.5. The number of nitriles is 1. The standard InChI is InChI=1S/C16H14Cl2N4O/c17-12-5-4-10(7-13(12)18)14(8-19)21-16(23)11-9-20-22-6-2-1-3-15(11)22/h4-5,7,9,14H,1-3,6H2,(H,21,23). The average molecular weight is 349 g/mol. The van der Waals surface area contributed by atoms with Crippen molar-refractivity contribution in [2.75, 3.05) is 0 Å². The first-order valence-electron chi connectivity index (χ1n) is 7.30. The molecular weight excluding hydrogens is 335 g/mol. The highest BCUT2D eigenvalue weighted by Gasteiger charge is 2.22. The Kier molecular flexibility index (Phi) is 4.56. The summed E-state index contributed by atoms with van der Waals surface area (Å²) in [6, 6.07) is 6.16. The summed E-state index contributed by atoms with van der Waals surface area (Å²) in [5.74, 6) is -0.300. The summed E-state index contributed by atoms with van der Waals surface area (Å²) in [7, 11) is 0. The zero-order valence-electron chi connectivity index (χ0n) is 12.2. The molecular formula is C16H14Cl2N4O. The van der Waals surface area contributed by atoms with Crippen LogP contribution in [0.3, 0.4) is 0 Å². The number of carbonyl (C=O) groups is 1. The highest BCUT2D eigenvalue weighted by Crippen LogP contribution is 2.26. The first-order valence-corrected chi connectivity index (χ1v) is 8.06. The fourth-order valence-corrected chi connectivity index (χ4v) is 3.01. The van der Waals surface area contributed by atoms with Crippen LogP contribution < -0.4 is 5.32 Å². The van der Waals surface area contributed by atoms with E-state index in [9.17, 15) is 10.1 Å². The molecule has 0 saturated heterocycles. The minimum atomic E-state index is -0.795. The summed E-state index contributed by atoms with van der Waals surface area (Å²) in [4.78, 5) is 12.5. The van der Waals surface area contributed by atoms with Crippen LogP contribution in [-0.4, -0.2) is 15.7 Å². The maximum absolute atomic E-state index is 12.5. The van der Waals surface area contributed by atoms with E-state index >= 15 is 0 Å². The SMILES string of the molecule is N#CC(NC(=O)c1cnn2c1CCCC2)c1ccc(Cl)c(Cl)c1. The number of carbonyl (C=O) groups excluding carboxylic acids is 1. The lowest BCUT2D eigenvalue weighted by atomic mass is 10.0. The fourth-order valence-electron chi connectivity index (χ4n) is 2.70. The minimum absolute atomic E-state index is 0.300. The Bertz CT molecular complexity index is 794. The van der Waals surface area contributed by atoms with Crippen molar-refractivity contribution in [3.63, 3.8) is 0 Å². The van der Waals surface area contributed by atoms with Gasteiger partial charge in [-0.2, -0.15) is 10.4 Å². The van der Waals surface area contributed by atoms with Crippen molar-refractivity contribution in [3.05, 3.63) is 51.3 Å². The van der Waals surface area contributed by atoms with Gasteiger partial charge in [0.2, 0.25) is 0 Å². The van der Waals surface area contributed by atoms with Crippen LogP contribution in [0.1, 0.15) is 40.5 Å². The van der Waals surface area contributed by atoms with Gasteiger partial charge in [-0.25, -0.2) is 0 Å². The van der Waals surface area contributed by atoms with Gasteiger partial charge in [0.15, 0.2) is 0 Å². The summed E-state index contributed by atoms with van der Waals surface area (Å²) < 4.78 is 1.86. The summed E-state index contributed by atoms with van der Waals surface area (Å²) in [5, 5.41) is 17.1. The highest BCUT2D eigenvalue weighted by molar-refractivity contribution is 6.42. The monoisotopic (exact) mass is 348 g/mol. The Morgan fingerprint density at radius 2 is 2.17 bits per heavy atom. The average Bonchev–Trinajstić information content (AvgIpc) is 2.99. The maximum Gasteiger partial charge on any atom is 0.256 e. The predicted octanol–water partition coefficient (Wildman–Crippen LogP) is 3.52. The molecule has 0 aliphatic carbocycles. The predicted molar refractivity (Wildman–Crippen MR) is 87.4 cm³/mol. The molecule has 0 saturated carbocycles. The molecule has 1 amide bonds. The Morgan fingerprint density at radius 3 is 2.91 bits per heavy atom. The van der Waals surface area contributed by atoms with E-state index < -0.39 is 6.04 Å². The van der Waals surface area contributed by atoms with Gasteiger partial charge in [0, 0.05) is 6.54 Å². The molecule has 1 aliphatic heterocycles. The number of hydrogen-bond acceptors (Lipinski definition) is 3. The van der Waals surface area contributed by atoms with Crippen LogP contribution >= 0.6 is 23.2 Å². The van der Waals surface area contributed by atoms with Gasteiger partial charge in [0.1, 0.15) is 6.04 Å². The van der Waals surface area contributed by atoms with Crippen LogP contribution in [0.25, 0.3) is 0 Å². The molecule has 2 aromatic rings. The summed E-state index contributed by atoms with van der Waals surface area (Å²) in [6.45, 7) is 0.830. The van der Waals surface area contributed by atoms with Gasteiger partial charge in [-0.15, -0.1) is 0 Å². The smallest absolute Gasteiger partial charge is 0.256 e. The number of benzene rings is 1. The summed E-state index contributed by atoms with van der Waals surface area (Å²) in [5.41, 5.74) is 2.06. The Hall–Kier alpha value is -2.03. The third kappa shape index (κ3) is 3.19. The molecule has 23 heavy (non-hydrogen) atoms. The van der Waals surface area contributed by atoms with Gasteiger partial charge >= 0.3 is 0 Å². The van der Waals surface area contributed by atoms with Crippen molar-refractivity contribution in [1.29, 1.82) is 5.26 Å². The summed E-state index contributed by atoms with van der Waals surface area (Å²) >= 11 is 11.9. The van der Waals surface area contributed by atoms with Gasteiger partial charge in [-0.1, -0.05) is 29.3 Å².